The van der Waals surface area contributed by atoms with E-state index in [1.54, 1.807) is 12.4 Å². The van der Waals surface area contributed by atoms with E-state index >= 15 is 0 Å². The van der Waals surface area contributed by atoms with Gasteiger partial charge in [0.1, 0.15) is 5.82 Å². The van der Waals surface area contributed by atoms with Gasteiger partial charge in [-0.3, -0.25) is 4.84 Å². The zero-order valence-corrected chi connectivity index (χ0v) is 8.21. The lowest BCUT2D eigenvalue weighted by atomic mass is 10.6. The predicted octanol–water partition coefficient (Wildman–Crippen LogP) is 1.49. The zero-order valence-electron chi connectivity index (χ0n) is 8.21. The summed E-state index contributed by atoms with van der Waals surface area (Å²) in [6.07, 6.45) is -0.974. The van der Waals surface area contributed by atoms with Crippen LogP contribution in [0.5, 0.6) is 0 Å². The van der Waals surface area contributed by atoms with Crippen molar-refractivity contribution in [3.8, 4) is 0 Å². The van der Waals surface area contributed by atoms with Gasteiger partial charge in [0.15, 0.2) is 6.61 Å². The normalized spacial score (nSPS) is 12.0. The monoisotopic (exact) mass is 223 g/mol. The van der Waals surface area contributed by atoms with E-state index in [1.807, 2.05) is 11.5 Å². The van der Waals surface area contributed by atoms with Crippen LogP contribution in [0.3, 0.4) is 0 Å². The molecule has 0 spiro atoms. The SMILES string of the molecule is CCn1ccnc1CNOCC(F)(F)F. The second kappa shape index (κ2) is 5.13. The molecule has 1 N–H and O–H groups in total. The molecule has 86 valence electrons. The van der Waals surface area contributed by atoms with E-state index in [2.05, 4.69) is 15.3 Å². The number of imidazole rings is 1. The van der Waals surface area contributed by atoms with Crippen LogP contribution < -0.4 is 5.48 Å². The highest BCUT2D eigenvalue weighted by Crippen LogP contribution is 2.13. The van der Waals surface area contributed by atoms with Gasteiger partial charge in [0.05, 0.1) is 6.54 Å². The highest BCUT2D eigenvalue weighted by Gasteiger charge is 2.27. The van der Waals surface area contributed by atoms with Gasteiger partial charge >= 0.3 is 6.18 Å². The molecule has 1 heterocycles. The van der Waals surface area contributed by atoms with Crippen LogP contribution in [-0.2, 0) is 17.9 Å². The molecular formula is C8H12F3N3O. The molecule has 1 rings (SSSR count). The second-order valence-electron chi connectivity index (χ2n) is 2.85. The summed E-state index contributed by atoms with van der Waals surface area (Å²) in [7, 11) is 0. The number of halogens is 3. The number of nitrogens with zero attached hydrogens (tertiary/aromatic N) is 2. The summed E-state index contributed by atoms with van der Waals surface area (Å²) in [5.74, 6) is 0.639. The molecule has 4 nitrogen and oxygen atoms in total. The number of hydroxylamine groups is 1. The van der Waals surface area contributed by atoms with Crippen LogP contribution in [0.4, 0.5) is 13.2 Å². The maximum Gasteiger partial charge on any atom is 0.413 e. The van der Waals surface area contributed by atoms with Crippen molar-refractivity contribution in [1.82, 2.24) is 15.0 Å². The minimum Gasteiger partial charge on any atom is -0.334 e. The first kappa shape index (κ1) is 12.0. The van der Waals surface area contributed by atoms with Crippen LogP contribution in [-0.4, -0.2) is 22.3 Å². The summed E-state index contributed by atoms with van der Waals surface area (Å²) < 4.78 is 36.9. The van der Waals surface area contributed by atoms with Crippen LogP contribution in [0, 0.1) is 0 Å². The van der Waals surface area contributed by atoms with Crippen LogP contribution in [0.25, 0.3) is 0 Å². The Labute approximate surface area is 85.0 Å². The average molecular weight is 223 g/mol. The first-order valence-corrected chi connectivity index (χ1v) is 4.44. The van der Waals surface area contributed by atoms with Crippen molar-refractivity contribution in [3.05, 3.63) is 18.2 Å². The van der Waals surface area contributed by atoms with Crippen LogP contribution in [0.15, 0.2) is 12.4 Å². The Kier molecular flexibility index (Phi) is 4.10. The third kappa shape index (κ3) is 4.30. The maximum atomic E-state index is 11.7. The molecule has 0 fully saturated rings. The van der Waals surface area contributed by atoms with Crippen LogP contribution in [0.2, 0.25) is 0 Å². The van der Waals surface area contributed by atoms with Crippen molar-refractivity contribution in [2.45, 2.75) is 26.2 Å². The maximum absolute atomic E-state index is 11.7. The predicted molar refractivity (Wildman–Crippen MR) is 46.7 cm³/mol. The highest BCUT2D eigenvalue weighted by molar-refractivity contribution is 4.90. The molecule has 0 radical (unpaired) electrons. The summed E-state index contributed by atoms with van der Waals surface area (Å²) >= 11 is 0. The topological polar surface area (TPSA) is 39.1 Å². The van der Waals surface area contributed by atoms with Gasteiger partial charge in [0, 0.05) is 18.9 Å². The number of alkyl halides is 3. The van der Waals surface area contributed by atoms with Gasteiger partial charge in [0.25, 0.3) is 0 Å². The number of aryl methyl sites for hydroxylation is 1. The van der Waals surface area contributed by atoms with Gasteiger partial charge in [-0.25, -0.2) is 4.98 Å². The van der Waals surface area contributed by atoms with Gasteiger partial charge < -0.3 is 4.57 Å². The van der Waals surface area contributed by atoms with Gasteiger partial charge in [-0.1, -0.05) is 0 Å². The average Bonchev–Trinajstić information content (AvgIpc) is 2.58. The molecular weight excluding hydrogens is 211 g/mol. The standard InChI is InChI=1S/C8H12F3N3O/c1-2-14-4-3-12-7(14)5-13-15-6-8(9,10)11/h3-4,13H,2,5-6H2,1H3. The van der Waals surface area contributed by atoms with E-state index in [1.165, 1.54) is 0 Å². The molecule has 0 saturated carbocycles. The molecule has 15 heavy (non-hydrogen) atoms. The van der Waals surface area contributed by atoms with Gasteiger partial charge in [0.2, 0.25) is 0 Å². The molecule has 1 aromatic heterocycles. The molecule has 0 atom stereocenters. The molecule has 0 aliphatic carbocycles. The van der Waals surface area contributed by atoms with E-state index in [0.717, 1.165) is 6.54 Å². The molecule has 0 amide bonds. The quantitative estimate of drug-likeness (QED) is 0.607. The summed E-state index contributed by atoms with van der Waals surface area (Å²) in [4.78, 5) is 8.20. The fourth-order valence-electron chi connectivity index (χ4n) is 1.04. The van der Waals surface area contributed by atoms with Crippen molar-refractivity contribution >= 4 is 0 Å². The molecule has 0 bridgehead atoms. The summed E-state index contributed by atoms with van der Waals surface area (Å²) in [5.41, 5.74) is 2.22. The van der Waals surface area contributed by atoms with Crippen molar-refractivity contribution in [1.29, 1.82) is 0 Å². The Hall–Kier alpha value is -1.08. The smallest absolute Gasteiger partial charge is 0.334 e. The molecule has 0 unspecified atom stereocenters. The second-order valence-corrected chi connectivity index (χ2v) is 2.85. The van der Waals surface area contributed by atoms with E-state index in [4.69, 9.17) is 0 Å². The van der Waals surface area contributed by atoms with Crippen molar-refractivity contribution in [2.24, 2.45) is 0 Å². The molecule has 0 aromatic carbocycles. The fraction of sp³-hybridized carbons (Fsp3) is 0.625. The van der Waals surface area contributed by atoms with E-state index in [-0.39, 0.29) is 6.54 Å². The Bertz CT molecular complexity index is 298. The molecule has 0 aliphatic heterocycles. The Morgan fingerprint density at radius 2 is 2.27 bits per heavy atom. The number of nitrogens with one attached hydrogen (secondary N) is 1. The summed E-state index contributed by atoms with van der Waals surface area (Å²) in [5, 5.41) is 0. The van der Waals surface area contributed by atoms with Crippen molar-refractivity contribution in [2.75, 3.05) is 6.61 Å². The van der Waals surface area contributed by atoms with E-state index < -0.39 is 12.8 Å². The summed E-state index contributed by atoms with van der Waals surface area (Å²) in [6.45, 7) is 1.48. The molecule has 1 aromatic rings. The van der Waals surface area contributed by atoms with Crippen molar-refractivity contribution < 1.29 is 18.0 Å². The van der Waals surface area contributed by atoms with Crippen LogP contribution in [0.1, 0.15) is 12.7 Å². The van der Waals surface area contributed by atoms with Crippen LogP contribution >= 0.6 is 0 Å². The number of aromatic nitrogens is 2. The van der Waals surface area contributed by atoms with Gasteiger partial charge in [-0.05, 0) is 6.92 Å². The van der Waals surface area contributed by atoms with E-state index in [9.17, 15) is 13.2 Å². The lowest BCUT2D eigenvalue weighted by Crippen LogP contribution is -2.25. The lowest BCUT2D eigenvalue weighted by molar-refractivity contribution is -0.190. The number of rotatable bonds is 5. The minimum absolute atomic E-state index is 0.150. The van der Waals surface area contributed by atoms with Gasteiger partial charge in [-0.2, -0.15) is 18.7 Å². The fourth-order valence-corrected chi connectivity index (χ4v) is 1.04. The van der Waals surface area contributed by atoms with Crippen molar-refractivity contribution in [3.63, 3.8) is 0 Å². The Balaban J connectivity index is 2.26. The molecule has 7 heteroatoms. The van der Waals surface area contributed by atoms with Gasteiger partial charge in [-0.15, -0.1) is 0 Å². The lowest BCUT2D eigenvalue weighted by Gasteiger charge is -2.08. The number of hydrogen-bond acceptors (Lipinski definition) is 3. The Morgan fingerprint density at radius 1 is 1.53 bits per heavy atom. The van der Waals surface area contributed by atoms with E-state index in [0.29, 0.717) is 5.82 Å². The minimum atomic E-state index is -4.31. The highest BCUT2D eigenvalue weighted by atomic mass is 19.4. The Morgan fingerprint density at radius 3 is 2.87 bits per heavy atom. The number of hydrogen-bond donors (Lipinski definition) is 1. The third-order valence-corrected chi connectivity index (χ3v) is 1.71. The summed E-state index contributed by atoms with van der Waals surface area (Å²) in [6, 6.07) is 0. The zero-order chi connectivity index (χ0) is 11.3. The molecule has 0 saturated heterocycles. The first-order valence-electron chi connectivity index (χ1n) is 4.44. The largest absolute Gasteiger partial charge is 0.413 e. The third-order valence-electron chi connectivity index (χ3n) is 1.71. The first-order chi connectivity index (χ1) is 7.03. The molecule has 0 aliphatic rings.